The minimum atomic E-state index is -0.136. The van der Waals surface area contributed by atoms with Crippen molar-refractivity contribution >= 4 is 11.5 Å². The van der Waals surface area contributed by atoms with Gasteiger partial charge in [0.15, 0.2) is 5.82 Å². The predicted molar refractivity (Wildman–Crippen MR) is 101 cm³/mol. The highest BCUT2D eigenvalue weighted by Gasteiger charge is 2.26. The van der Waals surface area contributed by atoms with E-state index in [9.17, 15) is 5.11 Å². The van der Waals surface area contributed by atoms with Crippen molar-refractivity contribution in [2.75, 3.05) is 5.32 Å². The summed E-state index contributed by atoms with van der Waals surface area (Å²) >= 11 is 0. The van der Waals surface area contributed by atoms with Crippen molar-refractivity contribution < 1.29 is 5.11 Å². The Labute approximate surface area is 145 Å². The lowest BCUT2D eigenvalue weighted by Crippen LogP contribution is -2.17. The average molecular weight is 329 g/mol. The number of hydrogen-bond acceptors (Lipinski definition) is 3. The summed E-state index contributed by atoms with van der Waals surface area (Å²) in [6.45, 7) is 15.8. The van der Waals surface area contributed by atoms with Gasteiger partial charge in [0.05, 0.1) is 0 Å². The molecule has 24 heavy (non-hydrogen) atoms. The van der Waals surface area contributed by atoms with E-state index in [1.54, 1.807) is 0 Å². The molecule has 0 amide bonds. The molecule has 0 bridgehead atoms. The van der Waals surface area contributed by atoms with Crippen molar-refractivity contribution in [3.63, 3.8) is 0 Å². The Morgan fingerprint density at radius 2 is 1.58 bits per heavy atom. The molecule has 0 atom stereocenters. The van der Waals surface area contributed by atoms with Crippen molar-refractivity contribution in [2.24, 2.45) is 0 Å². The summed E-state index contributed by atoms with van der Waals surface area (Å²) in [6.07, 6.45) is 3.05. The molecular weight excluding hydrogens is 298 g/mol. The number of aromatic nitrogens is 2. The molecule has 0 aliphatic heterocycles. The highest BCUT2D eigenvalue weighted by atomic mass is 16.3. The summed E-state index contributed by atoms with van der Waals surface area (Å²) in [5, 5.41) is 18.7. The molecule has 1 aromatic carbocycles. The molecule has 0 unspecified atom stereocenters. The Kier molecular flexibility index (Phi) is 4.97. The first-order valence-corrected chi connectivity index (χ1v) is 8.71. The summed E-state index contributed by atoms with van der Waals surface area (Å²) in [5.74, 6) is 1.23. The van der Waals surface area contributed by atoms with Gasteiger partial charge in [0, 0.05) is 35.6 Å². The third kappa shape index (κ3) is 4.11. The highest BCUT2D eigenvalue weighted by Crippen LogP contribution is 2.41. The molecule has 4 heteroatoms. The van der Waals surface area contributed by atoms with Gasteiger partial charge in [0.25, 0.3) is 0 Å². The van der Waals surface area contributed by atoms with Crippen molar-refractivity contribution in [3.8, 4) is 5.75 Å². The molecule has 4 nitrogen and oxygen atoms in total. The number of hydrogen-bond donors (Lipinski definition) is 2. The van der Waals surface area contributed by atoms with Crippen LogP contribution in [0.5, 0.6) is 5.75 Å². The summed E-state index contributed by atoms with van der Waals surface area (Å²) in [7, 11) is 0. The fourth-order valence-electron chi connectivity index (χ4n) is 2.78. The van der Waals surface area contributed by atoms with Crippen LogP contribution in [0.2, 0.25) is 0 Å². The van der Waals surface area contributed by atoms with Crippen LogP contribution in [0.15, 0.2) is 24.4 Å². The minimum absolute atomic E-state index is 0.136. The van der Waals surface area contributed by atoms with Gasteiger partial charge in [-0.3, -0.25) is 4.68 Å². The zero-order valence-electron chi connectivity index (χ0n) is 16.1. The number of benzene rings is 1. The number of aromatic hydroxyl groups is 1. The van der Waals surface area contributed by atoms with E-state index in [-0.39, 0.29) is 10.8 Å². The number of phenols is 1. The largest absolute Gasteiger partial charge is 0.507 e. The van der Waals surface area contributed by atoms with Crippen LogP contribution in [0.4, 0.5) is 11.5 Å². The van der Waals surface area contributed by atoms with Crippen molar-refractivity contribution in [2.45, 2.75) is 72.3 Å². The van der Waals surface area contributed by atoms with Gasteiger partial charge in [-0.2, -0.15) is 5.10 Å². The van der Waals surface area contributed by atoms with Gasteiger partial charge >= 0.3 is 0 Å². The first-order valence-electron chi connectivity index (χ1n) is 8.71. The van der Waals surface area contributed by atoms with Gasteiger partial charge in [-0.25, -0.2) is 0 Å². The number of anilines is 2. The topological polar surface area (TPSA) is 50.1 Å². The SMILES string of the molecule is CCCn1ccc(Nc2cc(C(C)(C)C)c(O)c(C(C)(C)C)c2)n1. The van der Waals surface area contributed by atoms with E-state index in [1.807, 2.05) is 29.1 Å². The maximum Gasteiger partial charge on any atom is 0.152 e. The molecule has 1 aromatic heterocycles. The third-order valence-corrected chi connectivity index (χ3v) is 4.09. The monoisotopic (exact) mass is 329 g/mol. The fraction of sp³-hybridized carbons (Fsp3) is 0.550. The molecule has 0 spiro atoms. The normalized spacial score (nSPS) is 12.5. The molecule has 0 saturated heterocycles. The van der Waals surface area contributed by atoms with Crippen LogP contribution in [0, 0.1) is 0 Å². The Bertz CT molecular complexity index is 667. The number of nitrogens with zero attached hydrogens (tertiary/aromatic N) is 2. The Morgan fingerprint density at radius 3 is 2.04 bits per heavy atom. The lowest BCUT2D eigenvalue weighted by molar-refractivity contribution is 0.423. The number of rotatable bonds is 4. The first kappa shape index (κ1) is 18.4. The molecule has 0 radical (unpaired) electrons. The maximum atomic E-state index is 10.8. The molecule has 0 aliphatic carbocycles. The predicted octanol–water partition coefficient (Wildman–Crippen LogP) is 5.34. The molecular formula is C20H31N3O. The second-order valence-corrected chi connectivity index (χ2v) is 8.51. The number of aryl methyl sites for hydroxylation is 1. The standard InChI is InChI=1S/C20H31N3O/c1-8-10-23-11-9-17(22-23)21-14-12-15(19(2,3)4)18(24)16(13-14)20(5,6)7/h9,11-13,24H,8,10H2,1-7H3,(H,21,22). The van der Waals surface area contributed by atoms with Crippen LogP contribution >= 0.6 is 0 Å². The molecule has 2 N–H and O–H groups in total. The van der Waals surface area contributed by atoms with Crippen LogP contribution in [-0.2, 0) is 17.4 Å². The van der Waals surface area contributed by atoms with Crippen LogP contribution in [0.1, 0.15) is 66.0 Å². The van der Waals surface area contributed by atoms with Gasteiger partial charge in [-0.15, -0.1) is 0 Å². The lowest BCUT2D eigenvalue weighted by Gasteiger charge is -2.28. The Balaban J connectivity index is 2.45. The third-order valence-electron chi connectivity index (χ3n) is 4.09. The molecule has 1 heterocycles. The van der Waals surface area contributed by atoms with E-state index in [0.717, 1.165) is 35.6 Å². The second-order valence-electron chi connectivity index (χ2n) is 8.51. The minimum Gasteiger partial charge on any atom is -0.507 e. The van der Waals surface area contributed by atoms with Gasteiger partial charge in [0.1, 0.15) is 5.75 Å². The molecule has 0 saturated carbocycles. The summed E-state index contributed by atoms with van der Waals surface area (Å²) in [5.41, 5.74) is 2.59. The van der Waals surface area contributed by atoms with E-state index in [1.165, 1.54) is 0 Å². The van der Waals surface area contributed by atoms with E-state index in [2.05, 4.69) is 58.9 Å². The van der Waals surface area contributed by atoms with Crippen LogP contribution in [0.25, 0.3) is 0 Å². The van der Waals surface area contributed by atoms with Crippen LogP contribution in [-0.4, -0.2) is 14.9 Å². The highest BCUT2D eigenvalue weighted by molar-refractivity contribution is 5.63. The zero-order valence-corrected chi connectivity index (χ0v) is 16.1. The van der Waals surface area contributed by atoms with Crippen LogP contribution < -0.4 is 5.32 Å². The van der Waals surface area contributed by atoms with E-state index in [0.29, 0.717) is 5.75 Å². The molecule has 0 fully saturated rings. The van der Waals surface area contributed by atoms with Crippen molar-refractivity contribution in [1.29, 1.82) is 0 Å². The summed E-state index contributed by atoms with van der Waals surface area (Å²) in [6, 6.07) is 6.04. The van der Waals surface area contributed by atoms with E-state index >= 15 is 0 Å². The fourth-order valence-corrected chi connectivity index (χ4v) is 2.78. The van der Waals surface area contributed by atoms with Crippen LogP contribution in [0.3, 0.4) is 0 Å². The van der Waals surface area contributed by atoms with Gasteiger partial charge < -0.3 is 10.4 Å². The van der Waals surface area contributed by atoms with Crippen molar-refractivity contribution in [3.05, 3.63) is 35.5 Å². The first-order chi connectivity index (χ1) is 11.0. The molecule has 2 rings (SSSR count). The van der Waals surface area contributed by atoms with E-state index < -0.39 is 0 Å². The quantitative estimate of drug-likeness (QED) is 0.745. The Morgan fingerprint density at radius 1 is 1.04 bits per heavy atom. The van der Waals surface area contributed by atoms with Crippen molar-refractivity contribution in [1.82, 2.24) is 9.78 Å². The average Bonchev–Trinajstić information content (AvgIpc) is 2.86. The number of nitrogens with one attached hydrogen (secondary N) is 1. The van der Waals surface area contributed by atoms with Gasteiger partial charge in [-0.1, -0.05) is 48.5 Å². The molecule has 132 valence electrons. The Hall–Kier alpha value is -1.97. The second kappa shape index (κ2) is 6.50. The smallest absolute Gasteiger partial charge is 0.152 e. The maximum absolute atomic E-state index is 10.8. The van der Waals surface area contributed by atoms with Gasteiger partial charge in [-0.05, 0) is 29.4 Å². The number of phenolic OH excluding ortho intramolecular Hbond substituents is 1. The van der Waals surface area contributed by atoms with Gasteiger partial charge in [0.2, 0.25) is 0 Å². The zero-order chi connectivity index (χ0) is 18.1. The summed E-state index contributed by atoms with van der Waals surface area (Å²) < 4.78 is 1.94. The lowest BCUT2D eigenvalue weighted by atomic mass is 9.79. The summed E-state index contributed by atoms with van der Waals surface area (Å²) in [4.78, 5) is 0. The van der Waals surface area contributed by atoms with E-state index in [4.69, 9.17) is 0 Å². The molecule has 2 aromatic rings. The molecule has 0 aliphatic rings.